The number of fused-ring (bicyclic) bond motifs is 1. The van der Waals surface area contributed by atoms with Crippen molar-refractivity contribution in [2.24, 2.45) is 27.9 Å². The van der Waals surface area contributed by atoms with Crippen molar-refractivity contribution in [2.75, 3.05) is 13.1 Å². The molecule has 3 amide bonds. The van der Waals surface area contributed by atoms with Gasteiger partial charge < -0.3 is 49.0 Å². The lowest BCUT2D eigenvalue weighted by atomic mass is 10.0. The summed E-state index contributed by atoms with van der Waals surface area (Å²) in [5, 5.41) is 18.7. The number of carbonyl (C=O) groups excluding carboxylic acids is 3. The highest BCUT2D eigenvalue weighted by Crippen LogP contribution is 2.19. The molecule has 4 atom stereocenters. The number of carbonyl (C=O) groups is 4. The number of carboxylic acids is 1. The van der Waals surface area contributed by atoms with Crippen LogP contribution in [0.4, 0.5) is 0 Å². The number of benzene rings is 2. The molecule has 3 rings (SSSR count). The van der Waals surface area contributed by atoms with E-state index in [0.717, 1.165) is 22.0 Å². The van der Waals surface area contributed by atoms with E-state index in [4.69, 9.17) is 22.9 Å². The average molecular weight is 636 g/mol. The molecule has 0 saturated carbocycles. The van der Waals surface area contributed by atoms with Crippen LogP contribution in [-0.4, -0.2) is 77.0 Å². The van der Waals surface area contributed by atoms with Crippen LogP contribution in [0.2, 0.25) is 0 Å². The number of nitrogens with one attached hydrogen (secondary N) is 4. The van der Waals surface area contributed by atoms with E-state index < -0.39 is 47.9 Å². The Morgan fingerprint density at radius 2 is 1.39 bits per heavy atom. The number of nitrogens with zero attached hydrogens (tertiary/aromatic N) is 1. The SMILES string of the molecule is NCCCCC(NC(=O)C(CCCN=C(N)N)NC(=O)C(N)Cc1c[nH]c2ccccc12)C(=O)NC(Cc1ccccc1)C(=O)O. The zero-order chi connectivity index (χ0) is 33.5. The number of aromatic amines is 1. The molecule has 0 radical (unpaired) electrons. The molecule has 2 aromatic carbocycles. The number of guanidine groups is 1. The highest BCUT2D eigenvalue weighted by atomic mass is 16.4. The lowest BCUT2D eigenvalue weighted by Crippen LogP contribution is -2.57. The minimum atomic E-state index is -1.22. The molecule has 14 nitrogen and oxygen atoms in total. The van der Waals surface area contributed by atoms with Crippen LogP contribution in [0.5, 0.6) is 0 Å². The molecule has 1 heterocycles. The molecule has 13 N–H and O–H groups in total. The van der Waals surface area contributed by atoms with Crippen molar-refractivity contribution in [2.45, 2.75) is 69.1 Å². The first kappa shape index (κ1) is 35.5. The molecular weight excluding hydrogens is 590 g/mol. The summed E-state index contributed by atoms with van der Waals surface area (Å²) in [6.07, 6.45) is 3.87. The fraction of sp³-hybridized carbons (Fsp3) is 0.406. The number of H-pyrrole nitrogens is 1. The molecule has 0 bridgehead atoms. The zero-order valence-electron chi connectivity index (χ0n) is 25.8. The van der Waals surface area contributed by atoms with Crippen molar-refractivity contribution < 1.29 is 24.3 Å². The Balaban J connectivity index is 1.73. The molecule has 0 aliphatic rings. The van der Waals surface area contributed by atoms with E-state index in [1.807, 2.05) is 30.3 Å². The van der Waals surface area contributed by atoms with Crippen molar-refractivity contribution >= 4 is 40.6 Å². The van der Waals surface area contributed by atoms with E-state index in [1.54, 1.807) is 30.5 Å². The van der Waals surface area contributed by atoms with Crippen LogP contribution >= 0.6 is 0 Å². The predicted molar refractivity (Wildman–Crippen MR) is 176 cm³/mol. The van der Waals surface area contributed by atoms with Gasteiger partial charge in [0.15, 0.2) is 5.96 Å². The molecule has 46 heavy (non-hydrogen) atoms. The lowest BCUT2D eigenvalue weighted by molar-refractivity contribution is -0.142. The Morgan fingerprint density at radius 3 is 2.04 bits per heavy atom. The Morgan fingerprint density at radius 1 is 0.783 bits per heavy atom. The van der Waals surface area contributed by atoms with E-state index >= 15 is 0 Å². The van der Waals surface area contributed by atoms with Gasteiger partial charge in [-0.3, -0.25) is 19.4 Å². The third-order valence-corrected chi connectivity index (χ3v) is 7.51. The Hall–Kier alpha value is -4.95. The maximum atomic E-state index is 13.6. The number of rotatable bonds is 19. The molecular formula is C32H45N9O5. The molecule has 14 heteroatoms. The Kier molecular flexibility index (Phi) is 14.0. The maximum Gasteiger partial charge on any atom is 0.326 e. The highest BCUT2D eigenvalue weighted by Gasteiger charge is 2.30. The predicted octanol–water partition coefficient (Wildman–Crippen LogP) is 0.00200. The number of unbranched alkanes of at least 4 members (excludes halogenated alkanes) is 1. The number of hydrogen-bond acceptors (Lipinski definition) is 7. The lowest BCUT2D eigenvalue weighted by Gasteiger charge is -2.25. The molecule has 4 unspecified atom stereocenters. The third-order valence-electron chi connectivity index (χ3n) is 7.51. The number of aromatic nitrogens is 1. The van der Waals surface area contributed by atoms with Gasteiger partial charge in [0.05, 0.1) is 6.04 Å². The van der Waals surface area contributed by atoms with Crippen molar-refractivity contribution in [1.82, 2.24) is 20.9 Å². The van der Waals surface area contributed by atoms with E-state index in [2.05, 4.69) is 25.9 Å². The fourth-order valence-corrected chi connectivity index (χ4v) is 5.04. The van der Waals surface area contributed by atoms with Gasteiger partial charge >= 0.3 is 5.97 Å². The van der Waals surface area contributed by atoms with Gasteiger partial charge in [-0.2, -0.15) is 0 Å². The summed E-state index contributed by atoms with van der Waals surface area (Å²) in [5.74, 6) is -3.15. The van der Waals surface area contributed by atoms with Crippen LogP contribution in [0.25, 0.3) is 10.9 Å². The van der Waals surface area contributed by atoms with Crippen molar-refractivity contribution in [3.63, 3.8) is 0 Å². The molecule has 0 spiro atoms. The van der Waals surface area contributed by atoms with E-state index in [-0.39, 0.29) is 38.2 Å². The Bertz CT molecular complexity index is 1470. The molecule has 0 saturated heterocycles. The second-order valence-electron chi connectivity index (χ2n) is 11.1. The number of aliphatic carboxylic acids is 1. The number of para-hydroxylation sites is 1. The minimum absolute atomic E-state index is 0.0587. The number of carboxylic acid groups (broad SMARTS) is 1. The van der Waals surface area contributed by atoms with Gasteiger partial charge in [-0.15, -0.1) is 0 Å². The van der Waals surface area contributed by atoms with Crippen LogP contribution in [0.1, 0.15) is 43.2 Å². The summed E-state index contributed by atoms with van der Waals surface area (Å²) in [7, 11) is 0. The molecule has 0 fully saturated rings. The van der Waals surface area contributed by atoms with Gasteiger partial charge in [-0.25, -0.2) is 4.79 Å². The van der Waals surface area contributed by atoms with Gasteiger partial charge in [-0.1, -0.05) is 48.5 Å². The maximum absolute atomic E-state index is 13.6. The van der Waals surface area contributed by atoms with Gasteiger partial charge in [0.25, 0.3) is 0 Å². The summed E-state index contributed by atoms with van der Waals surface area (Å²) in [4.78, 5) is 59.3. The normalized spacial score (nSPS) is 13.6. The molecule has 248 valence electrons. The molecule has 3 aromatic rings. The highest BCUT2D eigenvalue weighted by molar-refractivity contribution is 5.94. The monoisotopic (exact) mass is 635 g/mol. The van der Waals surface area contributed by atoms with E-state index in [1.165, 1.54) is 0 Å². The summed E-state index contributed by atoms with van der Waals surface area (Å²) < 4.78 is 0. The van der Waals surface area contributed by atoms with Crippen LogP contribution in [0, 0.1) is 0 Å². The van der Waals surface area contributed by atoms with E-state index in [9.17, 15) is 24.3 Å². The third kappa shape index (κ3) is 11.2. The summed E-state index contributed by atoms with van der Waals surface area (Å²) in [6, 6.07) is 12.2. The number of aliphatic imine (C=N–C) groups is 1. The number of hydrogen-bond donors (Lipinski definition) is 9. The van der Waals surface area contributed by atoms with Gasteiger partial charge in [0.2, 0.25) is 17.7 Å². The van der Waals surface area contributed by atoms with Gasteiger partial charge in [0, 0.05) is 30.1 Å². The topological polar surface area (TPSA) is 257 Å². The average Bonchev–Trinajstić information content (AvgIpc) is 3.44. The summed E-state index contributed by atoms with van der Waals surface area (Å²) in [5.41, 5.74) is 25.3. The van der Waals surface area contributed by atoms with Crippen molar-refractivity contribution in [3.05, 3.63) is 71.9 Å². The first-order valence-electron chi connectivity index (χ1n) is 15.3. The Labute approximate surface area is 267 Å². The fourth-order valence-electron chi connectivity index (χ4n) is 5.04. The van der Waals surface area contributed by atoms with Crippen LogP contribution in [-0.2, 0) is 32.0 Å². The second kappa shape index (κ2) is 18.1. The van der Waals surface area contributed by atoms with Crippen molar-refractivity contribution in [1.29, 1.82) is 0 Å². The zero-order valence-corrected chi connectivity index (χ0v) is 25.8. The molecule has 0 aliphatic carbocycles. The minimum Gasteiger partial charge on any atom is -0.480 e. The van der Waals surface area contributed by atoms with Crippen molar-refractivity contribution in [3.8, 4) is 0 Å². The van der Waals surface area contributed by atoms with Gasteiger partial charge in [0.1, 0.15) is 18.1 Å². The van der Waals surface area contributed by atoms with E-state index in [0.29, 0.717) is 25.8 Å². The summed E-state index contributed by atoms with van der Waals surface area (Å²) in [6.45, 7) is 0.593. The van der Waals surface area contributed by atoms with Crippen LogP contribution < -0.4 is 38.9 Å². The second-order valence-corrected chi connectivity index (χ2v) is 11.1. The molecule has 1 aromatic heterocycles. The quantitative estimate of drug-likeness (QED) is 0.0487. The number of amides is 3. The first-order valence-corrected chi connectivity index (χ1v) is 15.3. The van der Waals surface area contributed by atoms with Crippen LogP contribution in [0.15, 0.2) is 65.8 Å². The largest absolute Gasteiger partial charge is 0.480 e. The number of nitrogens with two attached hydrogens (primary N) is 4. The standard InChI is InChI=1S/C32H45N9O5/c33-15-7-6-13-25(30(44)41-27(31(45)46)17-20-9-2-1-3-10-20)40-29(43)26(14-8-16-37-32(35)36)39-28(42)23(34)18-21-19-38-24-12-5-4-11-22(21)24/h1-5,9-12,19,23,25-27,38H,6-8,13-18,33-34H2,(H,39,42)(H,40,43)(H,41,44)(H,45,46)(H4,35,36,37). The smallest absolute Gasteiger partial charge is 0.326 e. The van der Waals surface area contributed by atoms with Crippen LogP contribution in [0.3, 0.4) is 0 Å². The van der Waals surface area contributed by atoms with Gasteiger partial charge in [-0.05, 0) is 62.3 Å². The first-order chi connectivity index (χ1) is 22.1. The summed E-state index contributed by atoms with van der Waals surface area (Å²) >= 11 is 0. The molecule has 0 aliphatic heterocycles.